The lowest BCUT2D eigenvalue weighted by Gasteiger charge is -2.01. The van der Waals surface area contributed by atoms with Gasteiger partial charge in [-0.25, -0.2) is 0 Å². The van der Waals surface area contributed by atoms with Gasteiger partial charge in [-0.2, -0.15) is 11.1 Å². The largest absolute Gasteiger partial charge is 0.330 e. The second-order valence-corrected chi connectivity index (χ2v) is 4.44. The van der Waals surface area contributed by atoms with Crippen LogP contribution >= 0.6 is 11.1 Å². The molecule has 1 nitrogen and oxygen atoms in total. The Hall–Kier alpha value is -0.313. The van der Waals surface area contributed by atoms with Crippen molar-refractivity contribution in [2.75, 3.05) is 6.54 Å². The number of halogens is 1. The third kappa shape index (κ3) is 3.39. The molecule has 12 heavy (non-hydrogen) atoms. The van der Waals surface area contributed by atoms with E-state index in [9.17, 15) is 0 Å². The Morgan fingerprint density at radius 1 is 1.50 bits per heavy atom. The van der Waals surface area contributed by atoms with E-state index < -0.39 is 8.99 Å². The number of aryl methyl sites for hydroxylation is 1. The third-order valence-electron chi connectivity index (χ3n) is 1.77. The number of hydrogen-bond acceptors (Lipinski definition) is 1. The van der Waals surface area contributed by atoms with Crippen LogP contribution in [0.25, 0.3) is 0 Å². The summed E-state index contributed by atoms with van der Waals surface area (Å²) in [5, 5.41) is 0. The summed E-state index contributed by atoms with van der Waals surface area (Å²) in [6, 6.07) is 8.60. The molecule has 0 heterocycles. The smallest absolute Gasteiger partial charge is 0.195 e. The summed E-state index contributed by atoms with van der Waals surface area (Å²) in [5.41, 5.74) is 2.72. The van der Waals surface area contributed by atoms with Crippen molar-refractivity contribution in [1.82, 2.24) is 4.98 Å². The van der Waals surface area contributed by atoms with Gasteiger partial charge in [0.05, 0.1) is 0 Å². The number of hydrogen-bond donors (Lipinski definition) is 1. The van der Waals surface area contributed by atoms with Crippen LogP contribution in [0.3, 0.4) is 0 Å². The van der Waals surface area contributed by atoms with Crippen molar-refractivity contribution in [3.8, 4) is 0 Å². The van der Waals surface area contributed by atoms with Crippen LogP contribution in [-0.2, 0) is 6.42 Å². The molecule has 0 saturated carbocycles. The van der Waals surface area contributed by atoms with Crippen LogP contribution in [0.2, 0.25) is 0 Å². The van der Waals surface area contributed by atoms with E-state index in [4.69, 9.17) is 11.1 Å². The molecule has 0 atom stereocenters. The maximum atomic E-state index is 5.63. The molecule has 0 amide bonds. The van der Waals surface area contributed by atoms with Crippen molar-refractivity contribution in [2.45, 2.75) is 13.3 Å². The molecule has 0 spiro atoms. The van der Waals surface area contributed by atoms with Crippen LogP contribution in [0.4, 0.5) is 0 Å². The zero-order chi connectivity index (χ0) is 8.81. The number of nitrogens with one attached hydrogen (secondary N) is 1. The van der Waals surface area contributed by atoms with E-state index >= 15 is 0 Å². The highest BCUT2D eigenvalue weighted by atomic mass is 35.6. The first-order valence-electron chi connectivity index (χ1n) is 4.15. The Morgan fingerprint density at radius 2 is 2.33 bits per heavy atom. The molecular weight excluding hydrogens is 186 g/mol. The summed E-state index contributed by atoms with van der Waals surface area (Å²) < 4.78 is 0. The molecule has 0 aromatic heterocycles. The maximum absolute atomic E-state index is 5.63. The lowest BCUT2D eigenvalue weighted by molar-refractivity contribution is 0.894. The van der Waals surface area contributed by atoms with Crippen molar-refractivity contribution in [3.63, 3.8) is 0 Å². The predicted octanol–water partition coefficient (Wildman–Crippen LogP) is 1.36. The third-order valence-corrected chi connectivity index (χ3v) is 2.88. The first-order chi connectivity index (χ1) is 5.83. The second-order valence-electron chi connectivity index (χ2n) is 2.87. The van der Waals surface area contributed by atoms with Crippen molar-refractivity contribution in [2.24, 2.45) is 0 Å². The van der Waals surface area contributed by atoms with Crippen LogP contribution in [-0.4, -0.2) is 15.5 Å². The van der Waals surface area contributed by atoms with Gasteiger partial charge >= 0.3 is 0 Å². The molecule has 0 aliphatic heterocycles. The van der Waals surface area contributed by atoms with Gasteiger partial charge in [-0.3, -0.25) is 0 Å². The highest BCUT2D eigenvalue weighted by Crippen LogP contribution is 2.03. The molecule has 0 aliphatic carbocycles. The molecule has 3 heteroatoms. The Balaban J connectivity index is 2.41. The van der Waals surface area contributed by atoms with Crippen molar-refractivity contribution in [1.29, 1.82) is 0 Å². The first kappa shape index (κ1) is 9.77. The van der Waals surface area contributed by atoms with E-state index in [1.54, 1.807) is 0 Å². The Bertz CT molecular complexity index is 240. The van der Waals surface area contributed by atoms with Gasteiger partial charge in [-0.05, 0) is 25.5 Å². The Morgan fingerprint density at radius 3 is 3.00 bits per heavy atom. The summed E-state index contributed by atoms with van der Waals surface area (Å²) in [6.07, 6.45) is 1.08. The van der Waals surface area contributed by atoms with Crippen molar-refractivity contribution in [3.05, 3.63) is 35.4 Å². The predicted molar refractivity (Wildman–Crippen MR) is 57.3 cm³/mol. The molecule has 1 N–H and O–H groups in total. The standard InChI is InChI=1S/C9H14ClNSi/c1-8-3-2-4-9(7-8)5-6-11-12-10/h2-4,7,11H,5-6,12H2,1H3. The monoisotopic (exact) mass is 199 g/mol. The lowest BCUT2D eigenvalue weighted by atomic mass is 10.1. The fourth-order valence-corrected chi connectivity index (χ4v) is 1.88. The molecule has 0 saturated heterocycles. The zero-order valence-electron chi connectivity index (χ0n) is 7.31. The van der Waals surface area contributed by atoms with Gasteiger partial charge < -0.3 is 4.98 Å². The minimum atomic E-state index is -0.489. The summed E-state index contributed by atoms with van der Waals surface area (Å²) in [6.45, 7) is 3.13. The quantitative estimate of drug-likeness (QED) is 0.439. The molecule has 0 bridgehead atoms. The molecule has 1 aromatic carbocycles. The fourth-order valence-electron chi connectivity index (χ4n) is 1.17. The van der Waals surface area contributed by atoms with Crippen LogP contribution in [0.1, 0.15) is 11.1 Å². The van der Waals surface area contributed by atoms with Gasteiger partial charge in [0.1, 0.15) is 0 Å². The molecule has 1 rings (SSSR count). The summed E-state index contributed by atoms with van der Waals surface area (Å²) in [5.74, 6) is 0. The Labute approximate surface area is 80.7 Å². The normalized spacial score (nSPS) is 11.2. The summed E-state index contributed by atoms with van der Waals surface area (Å²) >= 11 is 5.63. The second kappa shape index (κ2) is 5.35. The fraction of sp³-hybridized carbons (Fsp3) is 0.333. The first-order valence-corrected chi connectivity index (χ1v) is 6.99. The van der Waals surface area contributed by atoms with E-state index in [0.717, 1.165) is 13.0 Å². The highest BCUT2D eigenvalue weighted by molar-refractivity contribution is 6.92. The summed E-state index contributed by atoms with van der Waals surface area (Å²) in [4.78, 5) is 3.22. The van der Waals surface area contributed by atoms with Crippen molar-refractivity contribution >= 4 is 20.1 Å². The van der Waals surface area contributed by atoms with Gasteiger partial charge in [-0.15, -0.1) is 0 Å². The zero-order valence-corrected chi connectivity index (χ0v) is 9.48. The van der Waals surface area contributed by atoms with Gasteiger partial charge in [0.2, 0.25) is 0 Å². The lowest BCUT2D eigenvalue weighted by Crippen LogP contribution is -2.17. The average molecular weight is 200 g/mol. The molecule has 0 radical (unpaired) electrons. The number of rotatable bonds is 4. The van der Waals surface area contributed by atoms with Crippen LogP contribution in [0, 0.1) is 6.92 Å². The Kier molecular flexibility index (Phi) is 4.36. The SMILES string of the molecule is Cc1cccc(CCN[SiH2]Cl)c1. The van der Waals surface area contributed by atoms with Gasteiger partial charge in [-0.1, -0.05) is 29.8 Å². The van der Waals surface area contributed by atoms with Crippen LogP contribution in [0.15, 0.2) is 24.3 Å². The van der Waals surface area contributed by atoms with Crippen LogP contribution < -0.4 is 4.98 Å². The minimum absolute atomic E-state index is 0.489. The molecule has 0 fully saturated rings. The highest BCUT2D eigenvalue weighted by Gasteiger charge is 1.91. The maximum Gasteiger partial charge on any atom is 0.195 e. The number of benzene rings is 1. The van der Waals surface area contributed by atoms with E-state index in [1.807, 2.05) is 0 Å². The molecule has 0 aliphatic rings. The van der Waals surface area contributed by atoms with E-state index in [0.29, 0.717) is 0 Å². The van der Waals surface area contributed by atoms with E-state index in [1.165, 1.54) is 11.1 Å². The molecule has 66 valence electrons. The van der Waals surface area contributed by atoms with E-state index in [-0.39, 0.29) is 0 Å². The molecule has 1 aromatic rings. The minimum Gasteiger partial charge on any atom is -0.330 e. The van der Waals surface area contributed by atoms with Crippen molar-refractivity contribution < 1.29 is 0 Å². The average Bonchev–Trinajstić information content (AvgIpc) is 2.05. The summed E-state index contributed by atoms with van der Waals surface area (Å²) in [7, 11) is -0.489. The van der Waals surface area contributed by atoms with Gasteiger partial charge in [0, 0.05) is 0 Å². The molecular formula is C9H14ClNSi. The van der Waals surface area contributed by atoms with Gasteiger partial charge in [0.15, 0.2) is 8.99 Å². The van der Waals surface area contributed by atoms with E-state index in [2.05, 4.69) is 36.2 Å². The van der Waals surface area contributed by atoms with Crippen LogP contribution in [0.5, 0.6) is 0 Å². The van der Waals surface area contributed by atoms with Gasteiger partial charge in [0.25, 0.3) is 0 Å². The topological polar surface area (TPSA) is 12.0 Å². The molecule has 0 unspecified atom stereocenters.